The van der Waals surface area contributed by atoms with Gasteiger partial charge in [-0.15, -0.1) is 11.3 Å². The van der Waals surface area contributed by atoms with Crippen molar-refractivity contribution in [2.45, 2.75) is 19.8 Å². The third-order valence-corrected chi connectivity index (χ3v) is 4.34. The molecule has 0 amide bonds. The summed E-state index contributed by atoms with van der Waals surface area (Å²) >= 11 is 1.69. The highest BCUT2D eigenvalue weighted by atomic mass is 32.1. The third-order valence-electron chi connectivity index (χ3n) is 3.38. The lowest BCUT2D eigenvalue weighted by Gasteiger charge is -2.31. The Morgan fingerprint density at radius 1 is 1.50 bits per heavy atom. The Morgan fingerprint density at radius 2 is 2.39 bits per heavy atom. The zero-order valence-corrected chi connectivity index (χ0v) is 11.1. The lowest BCUT2D eigenvalue weighted by Crippen LogP contribution is -2.36. The summed E-state index contributed by atoms with van der Waals surface area (Å²) in [7, 11) is 0. The Labute approximate surface area is 110 Å². The Kier molecular flexibility index (Phi) is 2.99. The fourth-order valence-corrected chi connectivity index (χ4v) is 3.37. The monoisotopic (exact) mass is 261 g/mol. The average molecular weight is 261 g/mol. The summed E-state index contributed by atoms with van der Waals surface area (Å²) in [6.07, 6.45) is 4.75. The molecule has 1 aliphatic heterocycles. The number of carbonyl (C=O) groups excluding carboxylic acids is 1. The zero-order valence-electron chi connectivity index (χ0n) is 10.3. The van der Waals surface area contributed by atoms with Gasteiger partial charge in [0.1, 0.15) is 23.3 Å². The van der Waals surface area contributed by atoms with Gasteiger partial charge in [-0.25, -0.2) is 9.97 Å². The number of aryl methyl sites for hydroxylation is 1. The highest BCUT2D eigenvalue weighted by Crippen LogP contribution is 2.31. The van der Waals surface area contributed by atoms with Crippen molar-refractivity contribution in [2.24, 2.45) is 5.92 Å². The summed E-state index contributed by atoms with van der Waals surface area (Å²) in [5, 5.41) is 1.12. The van der Waals surface area contributed by atoms with Crippen LogP contribution in [0.25, 0.3) is 10.2 Å². The molecule has 0 saturated carbocycles. The number of carbonyl (C=O) groups is 1. The minimum Gasteiger partial charge on any atom is -0.355 e. The number of rotatable bonds is 2. The van der Waals surface area contributed by atoms with Gasteiger partial charge in [0, 0.05) is 23.9 Å². The van der Waals surface area contributed by atoms with Crippen LogP contribution in [0.1, 0.15) is 17.7 Å². The van der Waals surface area contributed by atoms with E-state index in [1.54, 1.807) is 17.7 Å². The van der Waals surface area contributed by atoms with E-state index < -0.39 is 0 Å². The Balaban J connectivity index is 2.00. The largest absolute Gasteiger partial charge is 0.355 e. The predicted octanol–water partition coefficient (Wildman–Crippen LogP) is 2.42. The fourth-order valence-electron chi connectivity index (χ4n) is 2.53. The maximum atomic E-state index is 10.9. The van der Waals surface area contributed by atoms with Gasteiger partial charge >= 0.3 is 0 Å². The number of piperidine rings is 1. The molecule has 1 atom stereocenters. The molecule has 3 heterocycles. The minimum atomic E-state index is 0.142. The number of nitrogens with zero attached hydrogens (tertiary/aromatic N) is 3. The standard InChI is InChI=1S/C13H15N3OS/c1-9-5-11-12(14-8-15-13(11)18-9)16-4-2-3-10(6-16)7-17/h5,7-8,10H,2-4,6H2,1H3. The lowest BCUT2D eigenvalue weighted by atomic mass is 9.99. The molecular weight excluding hydrogens is 246 g/mol. The first-order valence-electron chi connectivity index (χ1n) is 6.19. The number of aromatic nitrogens is 2. The van der Waals surface area contributed by atoms with Crippen LogP contribution < -0.4 is 4.90 Å². The van der Waals surface area contributed by atoms with Gasteiger partial charge in [-0.05, 0) is 25.8 Å². The summed E-state index contributed by atoms with van der Waals surface area (Å²) in [6, 6.07) is 2.14. The van der Waals surface area contributed by atoms with Crippen molar-refractivity contribution in [3.8, 4) is 0 Å². The second kappa shape index (κ2) is 4.65. The quantitative estimate of drug-likeness (QED) is 0.779. The van der Waals surface area contributed by atoms with Crippen LogP contribution in [-0.2, 0) is 4.79 Å². The van der Waals surface area contributed by atoms with Crippen molar-refractivity contribution in [1.82, 2.24) is 9.97 Å². The van der Waals surface area contributed by atoms with Crippen molar-refractivity contribution in [1.29, 1.82) is 0 Å². The van der Waals surface area contributed by atoms with Crippen molar-refractivity contribution in [3.05, 3.63) is 17.3 Å². The average Bonchev–Trinajstić information content (AvgIpc) is 2.78. The maximum Gasteiger partial charge on any atom is 0.140 e. The molecule has 5 heteroatoms. The van der Waals surface area contributed by atoms with Crippen molar-refractivity contribution < 1.29 is 4.79 Å². The normalized spacial score (nSPS) is 20.3. The molecule has 94 valence electrons. The summed E-state index contributed by atoms with van der Waals surface area (Å²) in [6.45, 7) is 3.84. The number of hydrogen-bond acceptors (Lipinski definition) is 5. The molecule has 0 aliphatic carbocycles. The molecular formula is C13H15N3OS. The molecule has 1 saturated heterocycles. The topological polar surface area (TPSA) is 46.1 Å². The van der Waals surface area contributed by atoms with E-state index in [1.807, 2.05) is 0 Å². The molecule has 1 unspecified atom stereocenters. The molecule has 0 radical (unpaired) electrons. The van der Waals surface area contributed by atoms with Crippen molar-refractivity contribution in [3.63, 3.8) is 0 Å². The van der Waals surface area contributed by atoms with Gasteiger partial charge in [0.05, 0.1) is 5.39 Å². The van der Waals surface area contributed by atoms with E-state index in [1.165, 1.54) is 4.88 Å². The molecule has 1 fully saturated rings. The molecule has 4 nitrogen and oxygen atoms in total. The van der Waals surface area contributed by atoms with E-state index in [4.69, 9.17) is 0 Å². The van der Waals surface area contributed by atoms with Gasteiger partial charge < -0.3 is 9.69 Å². The summed E-state index contributed by atoms with van der Waals surface area (Å²) in [5.74, 6) is 1.12. The first-order chi connectivity index (χ1) is 8.78. The predicted molar refractivity (Wildman–Crippen MR) is 73.2 cm³/mol. The van der Waals surface area contributed by atoms with E-state index >= 15 is 0 Å². The van der Waals surface area contributed by atoms with Gasteiger partial charge in [-0.3, -0.25) is 0 Å². The van der Waals surface area contributed by atoms with Gasteiger partial charge in [-0.1, -0.05) is 0 Å². The summed E-state index contributed by atoms with van der Waals surface area (Å²) in [5.41, 5.74) is 0. The fraction of sp³-hybridized carbons (Fsp3) is 0.462. The van der Waals surface area contributed by atoms with E-state index in [0.717, 1.165) is 48.3 Å². The molecule has 0 bridgehead atoms. The van der Waals surface area contributed by atoms with Crippen LogP contribution >= 0.6 is 11.3 Å². The van der Waals surface area contributed by atoms with E-state index in [2.05, 4.69) is 27.9 Å². The molecule has 0 aromatic carbocycles. The van der Waals surface area contributed by atoms with E-state index in [0.29, 0.717) is 0 Å². The number of fused-ring (bicyclic) bond motifs is 1. The second-order valence-electron chi connectivity index (χ2n) is 4.76. The molecule has 1 aliphatic rings. The van der Waals surface area contributed by atoms with Crippen molar-refractivity contribution in [2.75, 3.05) is 18.0 Å². The summed E-state index contributed by atoms with van der Waals surface area (Å²) < 4.78 is 0. The number of anilines is 1. The Hall–Kier alpha value is -1.49. The van der Waals surface area contributed by atoms with E-state index in [-0.39, 0.29) is 5.92 Å². The Bertz CT molecular complexity index is 581. The van der Waals surface area contributed by atoms with Crippen LogP contribution in [0.5, 0.6) is 0 Å². The number of thiophene rings is 1. The van der Waals surface area contributed by atoms with Gasteiger partial charge in [0.15, 0.2) is 0 Å². The second-order valence-corrected chi connectivity index (χ2v) is 5.99. The van der Waals surface area contributed by atoms with Crippen LogP contribution in [0.3, 0.4) is 0 Å². The van der Waals surface area contributed by atoms with Gasteiger partial charge in [0.2, 0.25) is 0 Å². The maximum absolute atomic E-state index is 10.9. The molecule has 3 rings (SSSR count). The molecule has 2 aromatic rings. The Morgan fingerprint density at radius 3 is 3.22 bits per heavy atom. The van der Waals surface area contributed by atoms with Crippen LogP contribution in [-0.4, -0.2) is 29.3 Å². The first kappa shape index (κ1) is 11.6. The first-order valence-corrected chi connectivity index (χ1v) is 7.01. The van der Waals surface area contributed by atoms with Gasteiger partial charge in [0.25, 0.3) is 0 Å². The van der Waals surface area contributed by atoms with E-state index in [9.17, 15) is 4.79 Å². The highest BCUT2D eigenvalue weighted by molar-refractivity contribution is 7.18. The minimum absolute atomic E-state index is 0.142. The van der Waals surface area contributed by atoms with Crippen LogP contribution in [0.4, 0.5) is 5.82 Å². The third kappa shape index (κ3) is 1.99. The van der Waals surface area contributed by atoms with Gasteiger partial charge in [-0.2, -0.15) is 0 Å². The lowest BCUT2D eigenvalue weighted by molar-refractivity contribution is -0.111. The SMILES string of the molecule is Cc1cc2c(N3CCCC(C=O)C3)ncnc2s1. The molecule has 0 spiro atoms. The van der Waals surface area contributed by atoms with Crippen LogP contribution in [0, 0.1) is 12.8 Å². The number of hydrogen-bond donors (Lipinski definition) is 0. The summed E-state index contributed by atoms with van der Waals surface area (Å²) in [4.78, 5) is 24.2. The van der Waals surface area contributed by atoms with Crippen LogP contribution in [0.2, 0.25) is 0 Å². The highest BCUT2D eigenvalue weighted by Gasteiger charge is 2.22. The zero-order chi connectivity index (χ0) is 12.5. The number of aldehydes is 1. The smallest absolute Gasteiger partial charge is 0.140 e. The molecule has 18 heavy (non-hydrogen) atoms. The molecule has 0 N–H and O–H groups in total. The van der Waals surface area contributed by atoms with Crippen LogP contribution in [0.15, 0.2) is 12.4 Å². The van der Waals surface area contributed by atoms with Crippen molar-refractivity contribution >= 4 is 33.7 Å². The molecule has 2 aromatic heterocycles.